The number of aromatic amines is 1. The summed E-state index contributed by atoms with van der Waals surface area (Å²) in [5, 5.41) is 6.63. The van der Waals surface area contributed by atoms with E-state index in [-0.39, 0.29) is 5.95 Å². The number of hydrogen-bond donors (Lipinski definition) is 2. The summed E-state index contributed by atoms with van der Waals surface area (Å²) >= 11 is 0. The summed E-state index contributed by atoms with van der Waals surface area (Å²) in [7, 11) is 0. The van der Waals surface area contributed by atoms with E-state index in [2.05, 4.69) is 15.2 Å². The van der Waals surface area contributed by atoms with Crippen molar-refractivity contribution in [1.82, 2.24) is 15.2 Å². The number of anilines is 2. The monoisotopic (exact) mass is 231 g/mol. The van der Waals surface area contributed by atoms with E-state index in [1.165, 1.54) is 4.90 Å². The first-order valence-corrected chi connectivity index (χ1v) is 5.14. The number of amides is 2. The Labute approximate surface area is 98.5 Å². The molecule has 0 atom stereocenters. The van der Waals surface area contributed by atoms with Gasteiger partial charge in [0.15, 0.2) is 0 Å². The fourth-order valence-corrected chi connectivity index (χ4v) is 1.57. The Morgan fingerprint density at radius 1 is 1.35 bits per heavy atom. The van der Waals surface area contributed by atoms with Crippen LogP contribution in [0.3, 0.4) is 0 Å². The number of benzene rings is 1. The van der Waals surface area contributed by atoms with Crippen LogP contribution in [-0.2, 0) is 0 Å². The highest BCUT2D eigenvalue weighted by atomic mass is 16.2. The number of rotatable bonds is 2. The third-order valence-electron chi connectivity index (χ3n) is 2.36. The number of H-pyrrole nitrogens is 1. The molecule has 88 valence electrons. The molecule has 0 bridgehead atoms. The number of nitrogens with zero attached hydrogens (tertiary/aromatic N) is 3. The highest BCUT2D eigenvalue weighted by Gasteiger charge is 2.20. The zero-order valence-electron chi connectivity index (χ0n) is 9.64. The van der Waals surface area contributed by atoms with Gasteiger partial charge in [-0.25, -0.2) is 9.69 Å². The molecule has 0 aliphatic carbocycles. The lowest BCUT2D eigenvalue weighted by Crippen LogP contribution is -2.32. The number of aryl methyl sites for hydroxylation is 2. The van der Waals surface area contributed by atoms with Gasteiger partial charge in [0.2, 0.25) is 0 Å². The van der Waals surface area contributed by atoms with Gasteiger partial charge in [0.1, 0.15) is 5.82 Å². The van der Waals surface area contributed by atoms with Crippen molar-refractivity contribution in [2.45, 2.75) is 13.8 Å². The van der Waals surface area contributed by atoms with Crippen LogP contribution in [0.15, 0.2) is 24.3 Å². The molecule has 1 aromatic heterocycles. The SMILES string of the molecule is Cc1nc(N(C(N)=O)c2ccccc2C)n[nH]1. The summed E-state index contributed by atoms with van der Waals surface area (Å²) < 4.78 is 0. The minimum atomic E-state index is -0.613. The Morgan fingerprint density at radius 2 is 2.06 bits per heavy atom. The number of carbonyl (C=O) groups excluding carboxylic acids is 1. The van der Waals surface area contributed by atoms with Gasteiger partial charge in [-0.15, -0.1) is 5.10 Å². The lowest BCUT2D eigenvalue weighted by molar-refractivity contribution is 0.256. The van der Waals surface area contributed by atoms with E-state index in [9.17, 15) is 4.79 Å². The normalized spacial score (nSPS) is 10.2. The van der Waals surface area contributed by atoms with Crippen molar-refractivity contribution < 1.29 is 4.79 Å². The van der Waals surface area contributed by atoms with Crippen molar-refractivity contribution in [3.8, 4) is 0 Å². The molecule has 3 N–H and O–H groups in total. The minimum Gasteiger partial charge on any atom is -0.351 e. The van der Waals surface area contributed by atoms with E-state index in [4.69, 9.17) is 5.73 Å². The number of nitrogens with one attached hydrogen (secondary N) is 1. The summed E-state index contributed by atoms with van der Waals surface area (Å²) in [6, 6.07) is 6.80. The molecule has 0 aliphatic rings. The van der Waals surface area contributed by atoms with Crippen LogP contribution < -0.4 is 10.6 Å². The standard InChI is InChI=1S/C11H13N5O/c1-7-5-3-4-6-9(7)16(10(12)17)11-13-8(2)14-15-11/h3-6H,1-2H3,(H2,12,17)(H,13,14,15). The van der Waals surface area contributed by atoms with Crippen LogP contribution in [0.5, 0.6) is 0 Å². The average molecular weight is 231 g/mol. The topological polar surface area (TPSA) is 87.9 Å². The third kappa shape index (κ3) is 2.10. The number of para-hydroxylation sites is 1. The van der Waals surface area contributed by atoms with Gasteiger partial charge in [0, 0.05) is 0 Å². The molecular weight excluding hydrogens is 218 g/mol. The third-order valence-corrected chi connectivity index (χ3v) is 2.36. The molecule has 0 unspecified atom stereocenters. The summed E-state index contributed by atoms with van der Waals surface area (Å²) in [5.74, 6) is 0.879. The number of primary amides is 1. The van der Waals surface area contributed by atoms with Crippen molar-refractivity contribution in [1.29, 1.82) is 0 Å². The van der Waals surface area contributed by atoms with Gasteiger partial charge in [0.05, 0.1) is 5.69 Å². The van der Waals surface area contributed by atoms with Gasteiger partial charge in [-0.1, -0.05) is 18.2 Å². The lowest BCUT2D eigenvalue weighted by atomic mass is 10.2. The molecular formula is C11H13N5O. The predicted molar refractivity (Wildman–Crippen MR) is 64.0 cm³/mol. The summed E-state index contributed by atoms with van der Waals surface area (Å²) in [6.45, 7) is 3.65. The number of urea groups is 1. The van der Waals surface area contributed by atoms with Gasteiger partial charge in [-0.05, 0) is 25.5 Å². The first-order chi connectivity index (χ1) is 8.09. The Bertz CT molecular complexity index is 548. The average Bonchev–Trinajstić information content (AvgIpc) is 2.68. The number of hydrogen-bond acceptors (Lipinski definition) is 3. The Kier molecular flexibility index (Phi) is 2.78. The smallest absolute Gasteiger partial charge is 0.326 e. The number of carbonyl (C=O) groups is 1. The van der Waals surface area contributed by atoms with Crippen molar-refractivity contribution in [3.05, 3.63) is 35.7 Å². The molecule has 2 amide bonds. The zero-order valence-corrected chi connectivity index (χ0v) is 9.64. The highest BCUT2D eigenvalue weighted by Crippen LogP contribution is 2.24. The second-order valence-electron chi connectivity index (χ2n) is 3.68. The molecule has 0 radical (unpaired) electrons. The fraction of sp³-hybridized carbons (Fsp3) is 0.182. The van der Waals surface area contributed by atoms with Crippen molar-refractivity contribution >= 4 is 17.7 Å². The predicted octanol–water partition coefficient (Wildman–Crippen LogP) is 1.64. The molecule has 0 spiro atoms. The van der Waals surface area contributed by atoms with Crippen molar-refractivity contribution in [3.63, 3.8) is 0 Å². The molecule has 0 saturated heterocycles. The maximum absolute atomic E-state index is 11.5. The maximum atomic E-state index is 11.5. The number of aromatic nitrogens is 3. The molecule has 2 aromatic rings. The van der Waals surface area contributed by atoms with E-state index in [0.29, 0.717) is 11.5 Å². The van der Waals surface area contributed by atoms with Crippen LogP contribution in [0.1, 0.15) is 11.4 Å². The molecule has 2 rings (SSSR count). The molecule has 1 aromatic carbocycles. The zero-order chi connectivity index (χ0) is 12.4. The molecule has 17 heavy (non-hydrogen) atoms. The lowest BCUT2D eigenvalue weighted by Gasteiger charge is -2.18. The summed E-state index contributed by atoms with van der Waals surface area (Å²) in [6.07, 6.45) is 0. The highest BCUT2D eigenvalue weighted by molar-refractivity contribution is 5.97. The Balaban J connectivity index is 2.50. The Morgan fingerprint density at radius 3 is 2.59 bits per heavy atom. The Hall–Kier alpha value is -2.37. The van der Waals surface area contributed by atoms with Crippen molar-refractivity contribution in [2.24, 2.45) is 5.73 Å². The van der Waals surface area contributed by atoms with E-state index in [1.807, 2.05) is 25.1 Å². The molecule has 6 nitrogen and oxygen atoms in total. The van der Waals surface area contributed by atoms with Gasteiger partial charge in [-0.3, -0.25) is 5.10 Å². The largest absolute Gasteiger partial charge is 0.351 e. The van der Waals surface area contributed by atoms with Crippen LogP contribution in [0.25, 0.3) is 0 Å². The van der Waals surface area contributed by atoms with Crippen LogP contribution in [0.4, 0.5) is 16.4 Å². The van der Waals surface area contributed by atoms with Crippen LogP contribution in [-0.4, -0.2) is 21.2 Å². The summed E-state index contributed by atoms with van der Waals surface area (Å²) in [4.78, 5) is 16.9. The van der Waals surface area contributed by atoms with E-state index < -0.39 is 6.03 Å². The maximum Gasteiger partial charge on any atom is 0.326 e. The second kappa shape index (κ2) is 4.25. The van der Waals surface area contributed by atoms with E-state index >= 15 is 0 Å². The van der Waals surface area contributed by atoms with Crippen LogP contribution in [0, 0.1) is 13.8 Å². The van der Waals surface area contributed by atoms with Gasteiger partial charge in [0.25, 0.3) is 5.95 Å². The van der Waals surface area contributed by atoms with E-state index in [1.54, 1.807) is 13.0 Å². The van der Waals surface area contributed by atoms with Crippen molar-refractivity contribution in [2.75, 3.05) is 4.90 Å². The second-order valence-corrected chi connectivity index (χ2v) is 3.68. The van der Waals surface area contributed by atoms with Gasteiger partial charge >= 0.3 is 6.03 Å². The summed E-state index contributed by atoms with van der Waals surface area (Å²) in [5.41, 5.74) is 6.98. The minimum absolute atomic E-state index is 0.254. The quantitative estimate of drug-likeness (QED) is 0.823. The fourth-order valence-electron chi connectivity index (χ4n) is 1.57. The van der Waals surface area contributed by atoms with Crippen LogP contribution in [0.2, 0.25) is 0 Å². The molecule has 0 aliphatic heterocycles. The molecule has 0 fully saturated rings. The molecule has 0 saturated carbocycles. The van der Waals surface area contributed by atoms with E-state index in [0.717, 1.165) is 5.56 Å². The molecule has 1 heterocycles. The molecule has 6 heteroatoms. The number of nitrogens with two attached hydrogens (primary N) is 1. The van der Waals surface area contributed by atoms with Crippen LogP contribution >= 0.6 is 0 Å². The first-order valence-electron chi connectivity index (χ1n) is 5.14. The first kappa shape index (κ1) is 11.1. The van der Waals surface area contributed by atoms with Gasteiger partial charge < -0.3 is 5.73 Å². The van der Waals surface area contributed by atoms with Gasteiger partial charge in [-0.2, -0.15) is 4.98 Å².